The third-order valence-electron chi connectivity index (χ3n) is 4.27. The Morgan fingerprint density at radius 3 is 2.62 bits per heavy atom. The summed E-state index contributed by atoms with van der Waals surface area (Å²) in [6.07, 6.45) is -0.577. The second-order valence-corrected chi connectivity index (χ2v) is 7.89. The lowest BCUT2D eigenvalue weighted by Gasteiger charge is -2.32. The Balaban J connectivity index is 1.79. The molecule has 0 spiro atoms. The molecule has 1 aliphatic heterocycles. The van der Waals surface area contributed by atoms with Crippen molar-refractivity contribution in [2.45, 2.75) is 18.8 Å². The molecule has 4 nitrogen and oxygen atoms in total. The van der Waals surface area contributed by atoms with E-state index in [9.17, 15) is 12.8 Å². The topological polar surface area (TPSA) is 46.6 Å². The second kappa shape index (κ2) is 7.01. The molecule has 0 saturated carbocycles. The van der Waals surface area contributed by atoms with E-state index in [0.717, 1.165) is 11.1 Å². The molecule has 0 aromatic heterocycles. The van der Waals surface area contributed by atoms with Crippen LogP contribution in [0.15, 0.2) is 48.5 Å². The van der Waals surface area contributed by atoms with Crippen LogP contribution in [-0.2, 0) is 20.5 Å². The van der Waals surface area contributed by atoms with Crippen LogP contribution in [0.1, 0.15) is 22.8 Å². The van der Waals surface area contributed by atoms with Crippen LogP contribution < -0.4 is 0 Å². The van der Waals surface area contributed by atoms with Crippen LogP contribution in [0, 0.1) is 12.7 Å². The van der Waals surface area contributed by atoms with E-state index in [1.54, 1.807) is 18.2 Å². The molecule has 0 bridgehead atoms. The van der Waals surface area contributed by atoms with Crippen molar-refractivity contribution in [1.82, 2.24) is 4.31 Å². The highest BCUT2D eigenvalue weighted by molar-refractivity contribution is 7.88. The van der Waals surface area contributed by atoms with Crippen molar-refractivity contribution in [1.29, 1.82) is 0 Å². The average molecular weight is 349 g/mol. The summed E-state index contributed by atoms with van der Waals surface area (Å²) in [4.78, 5) is 0. The van der Waals surface area contributed by atoms with Gasteiger partial charge in [-0.25, -0.2) is 12.8 Å². The maximum atomic E-state index is 13.9. The van der Waals surface area contributed by atoms with Crippen LogP contribution in [0.5, 0.6) is 0 Å². The second-order valence-electron chi connectivity index (χ2n) is 5.92. The van der Waals surface area contributed by atoms with E-state index < -0.39 is 16.1 Å². The van der Waals surface area contributed by atoms with Crippen LogP contribution in [-0.4, -0.2) is 32.4 Å². The third-order valence-corrected chi connectivity index (χ3v) is 6.07. The van der Waals surface area contributed by atoms with Crippen molar-refractivity contribution >= 4 is 10.0 Å². The number of halogens is 1. The number of benzene rings is 2. The van der Waals surface area contributed by atoms with E-state index in [1.165, 1.54) is 10.4 Å². The van der Waals surface area contributed by atoms with Gasteiger partial charge in [0.2, 0.25) is 10.0 Å². The maximum Gasteiger partial charge on any atom is 0.218 e. The summed E-state index contributed by atoms with van der Waals surface area (Å²) in [5.74, 6) is -0.426. The van der Waals surface area contributed by atoms with E-state index in [-0.39, 0.29) is 24.7 Å². The molecule has 6 heteroatoms. The molecule has 0 aliphatic carbocycles. The lowest BCUT2D eigenvalue weighted by atomic mass is 10.1. The molecule has 2 aromatic carbocycles. The van der Waals surface area contributed by atoms with Gasteiger partial charge in [-0.05, 0) is 24.1 Å². The van der Waals surface area contributed by atoms with Crippen molar-refractivity contribution in [2.24, 2.45) is 0 Å². The quantitative estimate of drug-likeness (QED) is 0.852. The van der Waals surface area contributed by atoms with Gasteiger partial charge >= 0.3 is 0 Å². The standard InChI is InChI=1S/C18H20FNO3S/c1-14-6-2-3-7-15(14)13-24(21,22)20-10-11-23-18(12-20)16-8-4-5-9-17(16)19/h2-9,18H,10-13H2,1H3. The molecule has 2 aromatic rings. The van der Waals surface area contributed by atoms with Crippen molar-refractivity contribution < 1.29 is 17.5 Å². The van der Waals surface area contributed by atoms with Gasteiger partial charge in [0.1, 0.15) is 5.82 Å². The van der Waals surface area contributed by atoms with Crippen LogP contribution >= 0.6 is 0 Å². The summed E-state index contributed by atoms with van der Waals surface area (Å²) >= 11 is 0. The summed E-state index contributed by atoms with van der Waals surface area (Å²) in [6, 6.07) is 13.8. The molecule has 3 rings (SSSR count). The predicted octanol–water partition coefficient (Wildman–Crippen LogP) is 3.04. The number of aryl methyl sites for hydroxylation is 1. The van der Waals surface area contributed by atoms with Gasteiger partial charge < -0.3 is 4.74 Å². The number of ether oxygens (including phenoxy) is 1. The van der Waals surface area contributed by atoms with E-state index in [2.05, 4.69) is 0 Å². The SMILES string of the molecule is Cc1ccccc1CS(=O)(=O)N1CCOC(c2ccccc2F)C1. The number of hydrogen-bond donors (Lipinski definition) is 0. The van der Waals surface area contributed by atoms with Crippen LogP contribution in [0.3, 0.4) is 0 Å². The Kier molecular flexibility index (Phi) is 4.99. The summed E-state index contributed by atoms with van der Waals surface area (Å²) in [5.41, 5.74) is 2.12. The lowest BCUT2D eigenvalue weighted by molar-refractivity contribution is -0.00447. The van der Waals surface area contributed by atoms with Crippen LogP contribution in [0.4, 0.5) is 4.39 Å². The predicted molar refractivity (Wildman–Crippen MR) is 90.5 cm³/mol. The normalized spacial score (nSPS) is 19.3. The van der Waals surface area contributed by atoms with E-state index >= 15 is 0 Å². The Bertz CT molecular complexity index is 823. The first kappa shape index (κ1) is 17.1. The van der Waals surface area contributed by atoms with Gasteiger partial charge in [-0.2, -0.15) is 4.31 Å². The molecule has 128 valence electrons. The first-order valence-corrected chi connectivity index (χ1v) is 9.46. The zero-order chi connectivity index (χ0) is 17.2. The summed E-state index contributed by atoms with van der Waals surface area (Å²) in [7, 11) is -3.48. The molecule has 0 radical (unpaired) electrons. The molecule has 0 N–H and O–H groups in total. The minimum atomic E-state index is -3.48. The van der Waals surface area contributed by atoms with Gasteiger partial charge in [0, 0.05) is 18.7 Å². The van der Waals surface area contributed by atoms with Crippen LogP contribution in [0.25, 0.3) is 0 Å². The highest BCUT2D eigenvalue weighted by Crippen LogP contribution is 2.27. The minimum absolute atomic E-state index is 0.0519. The minimum Gasteiger partial charge on any atom is -0.371 e. The smallest absolute Gasteiger partial charge is 0.218 e. The molecule has 0 amide bonds. The first-order valence-electron chi connectivity index (χ1n) is 7.86. The molecule has 1 fully saturated rings. The number of rotatable bonds is 4. The largest absolute Gasteiger partial charge is 0.371 e. The molecule has 1 unspecified atom stereocenters. The molecule has 1 atom stereocenters. The zero-order valence-corrected chi connectivity index (χ0v) is 14.3. The number of morpholine rings is 1. The Morgan fingerprint density at radius 2 is 1.88 bits per heavy atom. The monoisotopic (exact) mass is 349 g/mol. The fourth-order valence-corrected chi connectivity index (χ4v) is 4.48. The highest BCUT2D eigenvalue weighted by Gasteiger charge is 2.31. The molecule has 1 saturated heterocycles. The van der Waals surface area contributed by atoms with Crippen LogP contribution in [0.2, 0.25) is 0 Å². The fourth-order valence-electron chi connectivity index (χ4n) is 2.86. The lowest BCUT2D eigenvalue weighted by Crippen LogP contribution is -2.43. The van der Waals surface area contributed by atoms with E-state index in [1.807, 2.05) is 31.2 Å². The molecule has 1 heterocycles. The maximum absolute atomic E-state index is 13.9. The van der Waals surface area contributed by atoms with Gasteiger partial charge in [-0.15, -0.1) is 0 Å². The highest BCUT2D eigenvalue weighted by atomic mass is 32.2. The first-order chi connectivity index (χ1) is 11.5. The van der Waals surface area contributed by atoms with Gasteiger partial charge in [-0.1, -0.05) is 42.5 Å². The number of sulfonamides is 1. The molecule has 24 heavy (non-hydrogen) atoms. The van der Waals surface area contributed by atoms with Gasteiger partial charge in [-0.3, -0.25) is 0 Å². The van der Waals surface area contributed by atoms with Gasteiger partial charge in [0.15, 0.2) is 0 Å². The Morgan fingerprint density at radius 1 is 1.17 bits per heavy atom. The van der Waals surface area contributed by atoms with Crippen molar-refractivity contribution in [2.75, 3.05) is 19.7 Å². The molecule has 1 aliphatic rings. The third kappa shape index (κ3) is 3.66. The molecular formula is C18H20FNO3S. The molecular weight excluding hydrogens is 329 g/mol. The van der Waals surface area contributed by atoms with Crippen molar-refractivity contribution in [3.05, 3.63) is 71.0 Å². The van der Waals surface area contributed by atoms with Gasteiger partial charge in [0.25, 0.3) is 0 Å². The van der Waals surface area contributed by atoms with Crippen molar-refractivity contribution in [3.63, 3.8) is 0 Å². The summed E-state index contributed by atoms with van der Waals surface area (Å²) in [5, 5.41) is 0. The zero-order valence-electron chi connectivity index (χ0n) is 13.5. The fraction of sp³-hybridized carbons (Fsp3) is 0.333. The summed E-state index contributed by atoms with van der Waals surface area (Å²) in [6.45, 7) is 2.58. The van der Waals surface area contributed by atoms with E-state index in [4.69, 9.17) is 4.74 Å². The van der Waals surface area contributed by atoms with E-state index in [0.29, 0.717) is 12.1 Å². The Hall–Kier alpha value is -1.76. The Labute approximate surface area is 141 Å². The van der Waals surface area contributed by atoms with Gasteiger partial charge in [0.05, 0.1) is 18.5 Å². The average Bonchev–Trinajstić information content (AvgIpc) is 2.57. The number of hydrogen-bond acceptors (Lipinski definition) is 3. The summed E-state index contributed by atoms with van der Waals surface area (Å²) < 4.78 is 46.4. The van der Waals surface area contributed by atoms with Crippen molar-refractivity contribution in [3.8, 4) is 0 Å². The number of nitrogens with zero attached hydrogens (tertiary/aromatic N) is 1.